The fourth-order valence-electron chi connectivity index (χ4n) is 2.16. The van der Waals surface area contributed by atoms with Gasteiger partial charge >= 0.3 is 5.69 Å². The van der Waals surface area contributed by atoms with Gasteiger partial charge in [-0.2, -0.15) is 0 Å². The van der Waals surface area contributed by atoms with Crippen LogP contribution in [-0.4, -0.2) is 15.5 Å². The zero-order valence-corrected chi connectivity index (χ0v) is 11.4. The van der Waals surface area contributed by atoms with Crippen LogP contribution in [-0.2, 0) is 6.42 Å². The highest BCUT2D eigenvalue weighted by Crippen LogP contribution is 2.16. The predicted octanol–water partition coefficient (Wildman–Crippen LogP) is 2.25. The topological polar surface area (TPSA) is 80.9 Å². The Kier molecular flexibility index (Phi) is 3.15. The molecule has 0 atom stereocenters. The number of hydrogen-bond acceptors (Lipinski definition) is 4. The minimum Gasteiger partial charge on any atom is -0.399 e. The van der Waals surface area contributed by atoms with Crippen molar-refractivity contribution >= 4 is 34.0 Å². The van der Waals surface area contributed by atoms with E-state index in [1.165, 1.54) is 4.57 Å². The highest BCUT2D eigenvalue weighted by Gasteiger charge is 2.14. The van der Waals surface area contributed by atoms with Crippen molar-refractivity contribution in [1.29, 1.82) is 0 Å². The molecule has 0 aliphatic rings. The lowest BCUT2D eigenvalue weighted by Gasteiger charge is -2.02. The Morgan fingerprint density at radius 1 is 1.35 bits per heavy atom. The number of hydrogen-bond donors (Lipinski definition) is 2. The smallest absolute Gasteiger partial charge is 0.333 e. The molecule has 0 aliphatic heterocycles. The molecule has 5 nitrogen and oxygen atoms in total. The molecule has 3 rings (SSSR count). The molecule has 2 aromatic heterocycles. The lowest BCUT2D eigenvalue weighted by atomic mass is 10.2. The van der Waals surface area contributed by atoms with E-state index in [9.17, 15) is 9.59 Å². The van der Waals surface area contributed by atoms with Crippen LogP contribution in [0.15, 0.2) is 40.5 Å². The van der Waals surface area contributed by atoms with Crippen molar-refractivity contribution in [2.24, 2.45) is 0 Å². The standard InChI is InChI=1S/C14H13N3O2S/c15-9-3-5-11-12(8-9)17(14(19)16-11)13(18)6-4-10-2-1-7-20-10/h1-3,5,7-8H,4,6,15H2,(H,16,19). The molecule has 0 aliphatic carbocycles. The number of aromatic amines is 1. The van der Waals surface area contributed by atoms with Gasteiger partial charge in [-0.15, -0.1) is 11.3 Å². The zero-order valence-electron chi connectivity index (χ0n) is 10.6. The molecule has 0 fully saturated rings. The summed E-state index contributed by atoms with van der Waals surface area (Å²) in [7, 11) is 0. The van der Waals surface area contributed by atoms with Gasteiger partial charge in [0.05, 0.1) is 11.0 Å². The zero-order chi connectivity index (χ0) is 14.1. The molecule has 0 spiro atoms. The fourth-order valence-corrected chi connectivity index (χ4v) is 2.87. The molecule has 0 bridgehead atoms. The summed E-state index contributed by atoms with van der Waals surface area (Å²) in [4.78, 5) is 27.9. The molecule has 20 heavy (non-hydrogen) atoms. The van der Waals surface area contributed by atoms with Gasteiger partial charge in [0.1, 0.15) is 0 Å². The first-order valence-electron chi connectivity index (χ1n) is 6.21. The molecule has 0 saturated carbocycles. The number of nitrogens with one attached hydrogen (secondary N) is 1. The molecule has 1 aromatic carbocycles. The third kappa shape index (κ3) is 2.25. The van der Waals surface area contributed by atoms with E-state index in [2.05, 4.69) is 4.98 Å². The van der Waals surface area contributed by atoms with Gasteiger partial charge < -0.3 is 10.7 Å². The quantitative estimate of drug-likeness (QED) is 0.725. The maximum atomic E-state index is 12.3. The van der Waals surface area contributed by atoms with Crippen molar-refractivity contribution in [2.75, 3.05) is 5.73 Å². The minimum atomic E-state index is -0.415. The largest absolute Gasteiger partial charge is 0.399 e. The number of aryl methyl sites for hydroxylation is 1. The first-order chi connectivity index (χ1) is 9.65. The number of carbonyl (C=O) groups is 1. The Balaban J connectivity index is 1.92. The minimum absolute atomic E-state index is 0.222. The third-order valence-corrected chi connectivity index (χ3v) is 4.06. The molecule has 3 aromatic rings. The highest BCUT2D eigenvalue weighted by molar-refractivity contribution is 7.09. The van der Waals surface area contributed by atoms with E-state index in [-0.39, 0.29) is 5.91 Å². The first kappa shape index (κ1) is 12.7. The second-order valence-electron chi connectivity index (χ2n) is 4.52. The van der Waals surface area contributed by atoms with E-state index >= 15 is 0 Å². The van der Waals surface area contributed by atoms with Crippen molar-refractivity contribution < 1.29 is 4.79 Å². The molecular weight excluding hydrogens is 274 g/mol. The monoisotopic (exact) mass is 287 g/mol. The van der Waals surface area contributed by atoms with Gasteiger partial charge in [-0.25, -0.2) is 9.36 Å². The van der Waals surface area contributed by atoms with Gasteiger partial charge in [0.15, 0.2) is 0 Å². The molecule has 0 saturated heterocycles. The summed E-state index contributed by atoms with van der Waals surface area (Å²) in [6.07, 6.45) is 0.931. The van der Waals surface area contributed by atoms with Gasteiger partial charge in [-0.3, -0.25) is 4.79 Å². The molecule has 0 amide bonds. The SMILES string of the molecule is Nc1ccc2[nH]c(=O)n(C(=O)CCc3cccs3)c2c1. The average molecular weight is 287 g/mol. The number of aromatic nitrogens is 2. The fraction of sp³-hybridized carbons (Fsp3) is 0.143. The van der Waals surface area contributed by atoms with Crippen molar-refractivity contribution in [3.05, 3.63) is 51.1 Å². The Hall–Kier alpha value is -2.34. The van der Waals surface area contributed by atoms with Crippen LogP contribution in [0.25, 0.3) is 11.0 Å². The Labute approximate surface area is 118 Å². The van der Waals surface area contributed by atoms with Crippen LogP contribution in [0.2, 0.25) is 0 Å². The number of benzene rings is 1. The van der Waals surface area contributed by atoms with Crippen LogP contribution in [0, 0.1) is 0 Å². The van der Waals surface area contributed by atoms with Gasteiger partial charge in [0.25, 0.3) is 0 Å². The molecule has 0 radical (unpaired) electrons. The van der Waals surface area contributed by atoms with Crippen molar-refractivity contribution in [2.45, 2.75) is 12.8 Å². The number of anilines is 1. The highest BCUT2D eigenvalue weighted by atomic mass is 32.1. The summed E-state index contributed by atoms with van der Waals surface area (Å²) >= 11 is 1.61. The van der Waals surface area contributed by atoms with Gasteiger partial charge in [-0.05, 0) is 36.1 Å². The Morgan fingerprint density at radius 2 is 2.20 bits per heavy atom. The lowest BCUT2D eigenvalue weighted by Crippen LogP contribution is -2.24. The first-order valence-corrected chi connectivity index (χ1v) is 7.09. The summed E-state index contributed by atoms with van der Waals surface area (Å²) in [6, 6.07) is 8.96. The van der Waals surface area contributed by atoms with Crippen molar-refractivity contribution in [3.8, 4) is 0 Å². The number of imidazole rings is 1. The number of thiophene rings is 1. The van der Waals surface area contributed by atoms with E-state index in [4.69, 9.17) is 5.73 Å². The van der Waals surface area contributed by atoms with E-state index < -0.39 is 5.69 Å². The van der Waals surface area contributed by atoms with Crippen molar-refractivity contribution in [1.82, 2.24) is 9.55 Å². The number of rotatable bonds is 3. The average Bonchev–Trinajstić information content (AvgIpc) is 3.02. The van der Waals surface area contributed by atoms with Crippen LogP contribution in [0.4, 0.5) is 5.69 Å². The van der Waals surface area contributed by atoms with Crippen LogP contribution in [0.5, 0.6) is 0 Å². The van der Waals surface area contributed by atoms with E-state index in [0.29, 0.717) is 29.6 Å². The van der Waals surface area contributed by atoms with E-state index in [1.54, 1.807) is 29.5 Å². The lowest BCUT2D eigenvalue weighted by molar-refractivity contribution is 0.0904. The molecule has 2 heterocycles. The maximum absolute atomic E-state index is 12.3. The molecule has 3 N–H and O–H groups in total. The summed E-state index contributed by atoms with van der Waals surface area (Å²) in [6.45, 7) is 0. The van der Waals surface area contributed by atoms with Crippen molar-refractivity contribution in [3.63, 3.8) is 0 Å². The molecule has 6 heteroatoms. The Morgan fingerprint density at radius 3 is 2.95 bits per heavy atom. The number of nitrogens with zero attached hydrogens (tertiary/aromatic N) is 1. The van der Waals surface area contributed by atoms with Crippen LogP contribution in [0.3, 0.4) is 0 Å². The van der Waals surface area contributed by atoms with Gasteiger partial charge in [-0.1, -0.05) is 6.07 Å². The van der Waals surface area contributed by atoms with Gasteiger partial charge in [0.2, 0.25) is 5.91 Å². The number of carbonyl (C=O) groups excluding carboxylic acids is 1. The van der Waals surface area contributed by atoms with Crippen LogP contribution in [0.1, 0.15) is 16.1 Å². The second-order valence-corrected chi connectivity index (χ2v) is 5.55. The Bertz CT molecular complexity index is 815. The number of nitrogens with two attached hydrogens (primary N) is 1. The third-order valence-electron chi connectivity index (χ3n) is 3.12. The summed E-state index contributed by atoms with van der Waals surface area (Å²) in [5.74, 6) is -0.222. The van der Waals surface area contributed by atoms with E-state index in [1.807, 2.05) is 17.5 Å². The number of H-pyrrole nitrogens is 1. The molecule has 0 unspecified atom stereocenters. The summed E-state index contributed by atoms with van der Waals surface area (Å²) < 4.78 is 1.17. The number of fused-ring (bicyclic) bond motifs is 1. The normalized spacial score (nSPS) is 11.0. The molecular formula is C14H13N3O2S. The summed E-state index contributed by atoms with van der Waals surface area (Å²) in [5.41, 5.74) is 6.98. The van der Waals surface area contributed by atoms with Gasteiger partial charge in [0, 0.05) is 17.0 Å². The summed E-state index contributed by atoms with van der Waals surface area (Å²) in [5, 5.41) is 1.97. The second kappa shape index (κ2) is 4.97. The van der Waals surface area contributed by atoms with Crippen LogP contribution < -0.4 is 11.4 Å². The number of nitrogen functional groups attached to an aromatic ring is 1. The molecule has 102 valence electrons. The van der Waals surface area contributed by atoms with E-state index in [0.717, 1.165) is 4.88 Å². The predicted molar refractivity (Wildman–Crippen MR) is 80.2 cm³/mol. The van der Waals surface area contributed by atoms with Crippen LogP contribution >= 0.6 is 11.3 Å². The maximum Gasteiger partial charge on any atom is 0.333 e.